The predicted octanol–water partition coefficient (Wildman–Crippen LogP) is 2.35. The maximum absolute atomic E-state index is 10.4. The number of rotatable bonds is 3. The summed E-state index contributed by atoms with van der Waals surface area (Å²) in [5, 5.41) is 18.8. The zero-order chi connectivity index (χ0) is 11.4. The van der Waals surface area contributed by atoms with E-state index in [1.807, 2.05) is 0 Å². The van der Waals surface area contributed by atoms with Gasteiger partial charge in [0.2, 0.25) is 0 Å². The third-order valence-corrected chi connectivity index (χ3v) is 1.83. The van der Waals surface area contributed by atoms with E-state index >= 15 is 0 Å². The van der Waals surface area contributed by atoms with Crippen LogP contribution < -0.4 is 0 Å². The van der Waals surface area contributed by atoms with Crippen molar-refractivity contribution >= 4 is 11.8 Å². The number of nitro groups is 1. The molecule has 1 aromatic rings. The lowest BCUT2D eigenvalue weighted by molar-refractivity contribution is -0.385. The predicted molar refractivity (Wildman–Crippen MR) is 50.6 cm³/mol. The number of carbonyl (C=O) groups is 1. The Morgan fingerprint density at radius 3 is 2.80 bits per heavy atom. The first-order valence-electron chi connectivity index (χ1n) is 4.14. The maximum Gasteiger partial charge on any atom is 0.506 e. The van der Waals surface area contributed by atoms with E-state index in [0.717, 1.165) is 0 Å². The van der Waals surface area contributed by atoms with Gasteiger partial charge in [0.25, 0.3) is 5.69 Å². The number of benzene rings is 1. The van der Waals surface area contributed by atoms with Crippen molar-refractivity contribution in [3.8, 4) is 0 Å². The van der Waals surface area contributed by atoms with E-state index in [9.17, 15) is 14.9 Å². The molecule has 15 heavy (non-hydrogen) atoms. The first-order valence-corrected chi connectivity index (χ1v) is 4.14. The second kappa shape index (κ2) is 4.41. The van der Waals surface area contributed by atoms with Gasteiger partial charge in [0.1, 0.15) is 6.10 Å². The van der Waals surface area contributed by atoms with Crippen molar-refractivity contribution in [3.63, 3.8) is 0 Å². The minimum Gasteiger partial charge on any atom is -0.450 e. The van der Waals surface area contributed by atoms with Crippen LogP contribution in [0.1, 0.15) is 18.6 Å². The molecule has 0 fully saturated rings. The van der Waals surface area contributed by atoms with Gasteiger partial charge in [0, 0.05) is 12.1 Å². The molecule has 0 spiro atoms. The van der Waals surface area contributed by atoms with Crippen LogP contribution in [0.15, 0.2) is 24.3 Å². The Bertz CT molecular complexity index is 390. The zero-order valence-corrected chi connectivity index (χ0v) is 7.91. The molecule has 6 heteroatoms. The van der Waals surface area contributed by atoms with Gasteiger partial charge < -0.3 is 9.84 Å². The minimum atomic E-state index is -1.41. The topological polar surface area (TPSA) is 89.7 Å². The largest absolute Gasteiger partial charge is 0.506 e. The Labute approximate surface area is 85.2 Å². The van der Waals surface area contributed by atoms with E-state index in [0.29, 0.717) is 5.56 Å². The SMILES string of the molecule is CC(OC(=O)O)c1cccc([N+](=O)[O-])c1. The minimum absolute atomic E-state index is 0.0895. The van der Waals surface area contributed by atoms with Crippen LogP contribution in [0.3, 0.4) is 0 Å². The van der Waals surface area contributed by atoms with Crippen LogP contribution >= 0.6 is 0 Å². The summed E-state index contributed by atoms with van der Waals surface area (Å²) in [4.78, 5) is 20.1. The van der Waals surface area contributed by atoms with Crippen LogP contribution in [-0.4, -0.2) is 16.2 Å². The van der Waals surface area contributed by atoms with Crippen LogP contribution in [0.25, 0.3) is 0 Å². The lowest BCUT2D eigenvalue weighted by Crippen LogP contribution is -2.05. The van der Waals surface area contributed by atoms with Crippen LogP contribution in [-0.2, 0) is 4.74 Å². The Morgan fingerprint density at radius 2 is 2.27 bits per heavy atom. The number of carboxylic acid groups (broad SMARTS) is 1. The second-order valence-corrected chi connectivity index (χ2v) is 2.88. The van der Waals surface area contributed by atoms with Gasteiger partial charge in [0.15, 0.2) is 0 Å². The van der Waals surface area contributed by atoms with Gasteiger partial charge in [-0.2, -0.15) is 0 Å². The number of hydrogen-bond donors (Lipinski definition) is 1. The molecule has 0 aromatic heterocycles. The first kappa shape index (κ1) is 11.0. The standard InChI is InChI=1S/C9H9NO5/c1-6(15-9(11)12)7-3-2-4-8(5-7)10(13)14/h2-6H,1H3,(H,11,12). The highest BCUT2D eigenvalue weighted by Gasteiger charge is 2.13. The van der Waals surface area contributed by atoms with Crippen molar-refractivity contribution in [1.82, 2.24) is 0 Å². The molecular weight excluding hydrogens is 202 g/mol. The van der Waals surface area contributed by atoms with Gasteiger partial charge in [-0.1, -0.05) is 12.1 Å². The molecule has 1 atom stereocenters. The highest BCUT2D eigenvalue weighted by Crippen LogP contribution is 2.21. The van der Waals surface area contributed by atoms with Crippen molar-refractivity contribution < 1.29 is 19.6 Å². The monoisotopic (exact) mass is 211 g/mol. The molecule has 1 N–H and O–H groups in total. The first-order chi connectivity index (χ1) is 7.00. The van der Waals surface area contributed by atoms with Gasteiger partial charge in [-0.3, -0.25) is 10.1 Å². The third-order valence-electron chi connectivity index (χ3n) is 1.83. The quantitative estimate of drug-likeness (QED) is 0.470. The molecule has 80 valence electrons. The molecule has 0 radical (unpaired) electrons. The van der Waals surface area contributed by atoms with Gasteiger partial charge in [-0.15, -0.1) is 0 Å². The maximum atomic E-state index is 10.4. The Kier molecular flexibility index (Phi) is 3.22. The molecule has 0 bridgehead atoms. The molecule has 0 aliphatic heterocycles. The molecule has 0 aliphatic rings. The van der Waals surface area contributed by atoms with Crippen LogP contribution in [0.5, 0.6) is 0 Å². The molecule has 0 amide bonds. The van der Waals surface area contributed by atoms with Gasteiger partial charge in [-0.05, 0) is 12.5 Å². The summed E-state index contributed by atoms with van der Waals surface area (Å²) < 4.78 is 4.47. The van der Waals surface area contributed by atoms with Crippen LogP contribution in [0, 0.1) is 10.1 Å². The van der Waals surface area contributed by atoms with Crippen LogP contribution in [0.4, 0.5) is 10.5 Å². The summed E-state index contributed by atoms with van der Waals surface area (Å²) in [5.41, 5.74) is 0.361. The molecule has 1 aromatic carbocycles. The smallest absolute Gasteiger partial charge is 0.450 e. The molecule has 6 nitrogen and oxygen atoms in total. The number of nitrogens with zero attached hydrogens (tertiary/aromatic N) is 1. The van der Waals surface area contributed by atoms with Crippen LogP contribution in [0.2, 0.25) is 0 Å². The molecule has 1 rings (SSSR count). The fourth-order valence-corrected chi connectivity index (χ4v) is 1.11. The third kappa shape index (κ3) is 2.94. The van der Waals surface area contributed by atoms with Gasteiger partial charge >= 0.3 is 6.16 Å². The lowest BCUT2D eigenvalue weighted by Gasteiger charge is -2.09. The molecular formula is C9H9NO5. The van der Waals surface area contributed by atoms with Gasteiger partial charge in [0.05, 0.1) is 4.92 Å². The lowest BCUT2D eigenvalue weighted by atomic mass is 10.1. The highest BCUT2D eigenvalue weighted by atomic mass is 16.7. The van der Waals surface area contributed by atoms with Crippen molar-refractivity contribution in [2.75, 3.05) is 0 Å². The fourth-order valence-electron chi connectivity index (χ4n) is 1.11. The summed E-state index contributed by atoms with van der Waals surface area (Å²) in [6, 6.07) is 5.67. The normalized spacial score (nSPS) is 11.8. The Balaban J connectivity index is 2.89. The van der Waals surface area contributed by atoms with Gasteiger partial charge in [-0.25, -0.2) is 4.79 Å². The Morgan fingerprint density at radius 1 is 1.60 bits per heavy atom. The number of ether oxygens (including phenoxy) is 1. The van der Waals surface area contributed by atoms with Crippen molar-refractivity contribution in [2.45, 2.75) is 13.0 Å². The Hall–Kier alpha value is -2.11. The summed E-state index contributed by atoms with van der Waals surface area (Å²) in [5.74, 6) is 0. The molecule has 0 heterocycles. The van der Waals surface area contributed by atoms with Crippen molar-refractivity contribution in [3.05, 3.63) is 39.9 Å². The van der Waals surface area contributed by atoms with Crippen molar-refractivity contribution in [2.24, 2.45) is 0 Å². The number of non-ortho nitro benzene ring substituents is 1. The zero-order valence-electron chi connectivity index (χ0n) is 7.91. The average Bonchev–Trinajstić information content (AvgIpc) is 2.17. The summed E-state index contributed by atoms with van der Waals surface area (Å²) in [6.07, 6.45) is -2.13. The number of nitro benzene ring substituents is 1. The molecule has 1 unspecified atom stereocenters. The number of hydrogen-bond acceptors (Lipinski definition) is 4. The molecule has 0 aliphatic carbocycles. The summed E-state index contributed by atoms with van der Waals surface area (Å²) in [7, 11) is 0. The second-order valence-electron chi connectivity index (χ2n) is 2.88. The highest BCUT2D eigenvalue weighted by molar-refractivity contribution is 5.57. The van der Waals surface area contributed by atoms with E-state index in [2.05, 4.69) is 4.74 Å². The van der Waals surface area contributed by atoms with Crippen molar-refractivity contribution in [1.29, 1.82) is 0 Å². The summed E-state index contributed by atoms with van der Waals surface area (Å²) in [6.45, 7) is 1.51. The average molecular weight is 211 g/mol. The fraction of sp³-hybridized carbons (Fsp3) is 0.222. The van der Waals surface area contributed by atoms with E-state index in [1.54, 1.807) is 6.07 Å². The molecule has 0 saturated heterocycles. The summed E-state index contributed by atoms with van der Waals surface area (Å²) >= 11 is 0. The van der Waals surface area contributed by atoms with E-state index in [4.69, 9.17) is 5.11 Å². The van der Waals surface area contributed by atoms with E-state index in [1.165, 1.54) is 25.1 Å². The molecule has 0 saturated carbocycles. The van der Waals surface area contributed by atoms with E-state index in [-0.39, 0.29) is 5.69 Å². The van der Waals surface area contributed by atoms with E-state index < -0.39 is 17.2 Å².